The summed E-state index contributed by atoms with van der Waals surface area (Å²) in [5.74, 6) is -0.550. The van der Waals surface area contributed by atoms with Crippen molar-refractivity contribution >= 4 is 23.0 Å². The van der Waals surface area contributed by atoms with E-state index in [1.165, 1.54) is 10.9 Å². The first kappa shape index (κ1) is 19.2. The van der Waals surface area contributed by atoms with E-state index in [0.717, 1.165) is 0 Å². The highest BCUT2D eigenvalue weighted by molar-refractivity contribution is 5.81. The van der Waals surface area contributed by atoms with Crippen LogP contribution in [-0.2, 0) is 9.53 Å². The maximum atomic E-state index is 12.0. The number of imidazole rings is 1. The summed E-state index contributed by atoms with van der Waals surface area (Å²) >= 11 is 0. The number of aromatic amines is 1. The minimum Gasteiger partial charge on any atom is -0.387 e. The minimum absolute atomic E-state index is 0.0224. The predicted octanol–water partition coefficient (Wildman–Crippen LogP) is -2.58. The molecule has 1 aliphatic rings. The zero-order chi connectivity index (χ0) is 19.9. The van der Waals surface area contributed by atoms with Crippen LogP contribution in [0.3, 0.4) is 0 Å². The summed E-state index contributed by atoms with van der Waals surface area (Å²) < 4.78 is 7.00. The highest BCUT2D eigenvalue weighted by Crippen LogP contribution is 2.30. The molecule has 1 saturated heterocycles. The summed E-state index contributed by atoms with van der Waals surface area (Å²) in [6, 6.07) is -0.694. The number of fused-ring (bicyclic) bond motifs is 1. The van der Waals surface area contributed by atoms with Gasteiger partial charge in [0, 0.05) is 6.54 Å². The SMILES string of the molecule is CC(C)[C@@H](N)C(=O)NC[C@H]1O[C@@H](n2cnc3c(=O)[nH]c(N)nc32)[C@H](O)[C@@H]1O. The number of rotatable bonds is 5. The lowest BCUT2D eigenvalue weighted by molar-refractivity contribution is -0.124. The van der Waals surface area contributed by atoms with Gasteiger partial charge in [0.15, 0.2) is 17.4 Å². The molecule has 27 heavy (non-hydrogen) atoms. The first-order chi connectivity index (χ1) is 12.7. The number of nitrogens with two attached hydrogens (primary N) is 2. The monoisotopic (exact) mass is 381 g/mol. The molecule has 12 nitrogen and oxygen atoms in total. The number of nitrogens with one attached hydrogen (secondary N) is 2. The summed E-state index contributed by atoms with van der Waals surface area (Å²) in [4.78, 5) is 34.1. The van der Waals surface area contributed by atoms with E-state index >= 15 is 0 Å². The number of nitrogen functional groups attached to an aromatic ring is 1. The number of carbonyl (C=O) groups excluding carboxylic acids is 1. The molecule has 8 N–H and O–H groups in total. The molecule has 1 amide bonds. The van der Waals surface area contributed by atoms with Crippen molar-refractivity contribution in [3.8, 4) is 0 Å². The zero-order valence-corrected chi connectivity index (χ0v) is 14.9. The number of aliphatic hydroxyl groups excluding tert-OH is 2. The molecule has 2 aromatic rings. The van der Waals surface area contributed by atoms with E-state index in [0.29, 0.717) is 0 Å². The Bertz CT molecular complexity index is 894. The van der Waals surface area contributed by atoms with Crippen molar-refractivity contribution in [3.63, 3.8) is 0 Å². The maximum Gasteiger partial charge on any atom is 0.280 e. The van der Waals surface area contributed by atoms with Crippen LogP contribution in [-0.4, -0.2) is 66.5 Å². The smallest absolute Gasteiger partial charge is 0.280 e. The van der Waals surface area contributed by atoms with Gasteiger partial charge >= 0.3 is 0 Å². The van der Waals surface area contributed by atoms with E-state index < -0.39 is 36.1 Å². The summed E-state index contributed by atoms with van der Waals surface area (Å²) in [7, 11) is 0. The van der Waals surface area contributed by atoms with Crippen molar-refractivity contribution in [2.75, 3.05) is 12.3 Å². The fourth-order valence-electron chi connectivity index (χ4n) is 2.88. The normalized spacial score (nSPS) is 26.6. The van der Waals surface area contributed by atoms with E-state index in [9.17, 15) is 19.8 Å². The number of amides is 1. The number of aliphatic hydroxyl groups is 2. The molecule has 2 aromatic heterocycles. The molecule has 1 fully saturated rings. The van der Waals surface area contributed by atoms with Crippen LogP contribution in [0.1, 0.15) is 20.1 Å². The number of H-pyrrole nitrogens is 1. The molecule has 148 valence electrons. The molecule has 12 heteroatoms. The second kappa shape index (κ2) is 7.23. The minimum atomic E-state index is -1.33. The van der Waals surface area contributed by atoms with Crippen LogP contribution >= 0.6 is 0 Å². The second-order valence-electron chi connectivity index (χ2n) is 6.84. The summed E-state index contributed by atoms with van der Waals surface area (Å²) in [6.07, 6.45) is -3.28. The molecule has 0 aromatic carbocycles. The maximum absolute atomic E-state index is 12.0. The van der Waals surface area contributed by atoms with Crippen molar-refractivity contribution in [1.29, 1.82) is 0 Å². The van der Waals surface area contributed by atoms with Gasteiger partial charge in [0.05, 0.1) is 12.4 Å². The molecule has 0 bridgehead atoms. The molecule has 3 heterocycles. The molecular formula is C15H23N7O5. The third-order valence-corrected chi connectivity index (χ3v) is 4.56. The van der Waals surface area contributed by atoms with Gasteiger partial charge in [0.1, 0.15) is 18.3 Å². The van der Waals surface area contributed by atoms with Gasteiger partial charge < -0.3 is 31.7 Å². The van der Waals surface area contributed by atoms with Crippen LogP contribution in [0, 0.1) is 5.92 Å². The lowest BCUT2D eigenvalue weighted by Crippen LogP contribution is -2.48. The quantitative estimate of drug-likeness (QED) is 0.322. The van der Waals surface area contributed by atoms with E-state index in [1.54, 1.807) is 0 Å². The Kier molecular flexibility index (Phi) is 5.15. The molecule has 0 aliphatic carbocycles. The van der Waals surface area contributed by atoms with Crippen molar-refractivity contribution < 1.29 is 19.7 Å². The molecule has 3 rings (SSSR count). The molecule has 5 atom stereocenters. The van der Waals surface area contributed by atoms with Gasteiger partial charge in [-0.3, -0.25) is 19.1 Å². The van der Waals surface area contributed by atoms with E-state index in [1.807, 2.05) is 13.8 Å². The van der Waals surface area contributed by atoms with E-state index in [4.69, 9.17) is 16.2 Å². The standard InChI is InChI=1S/C15H23N7O5/c1-5(2)7(16)12(25)18-3-6-9(23)10(24)14(27-6)22-4-19-8-11(22)20-15(17)21-13(8)26/h4-7,9-10,14,23-24H,3,16H2,1-2H3,(H,18,25)(H3,17,20,21,26)/t6-,7-,9-,10-,14-/m1/s1. The highest BCUT2D eigenvalue weighted by atomic mass is 16.6. The Balaban J connectivity index is 1.78. The second-order valence-corrected chi connectivity index (χ2v) is 6.84. The first-order valence-corrected chi connectivity index (χ1v) is 8.48. The van der Waals surface area contributed by atoms with Crippen LogP contribution in [0.5, 0.6) is 0 Å². The lowest BCUT2D eigenvalue weighted by atomic mass is 10.0. The fourth-order valence-corrected chi connectivity index (χ4v) is 2.88. The molecule has 0 radical (unpaired) electrons. The molecule has 0 saturated carbocycles. The van der Waals surface area contributed by atoms with Gasteiger partial charge in [-0.15, -0.1) is 0 Å². The van der Waals surface area contributed by atoms with Crippen molar-refractivity contribution in [3.05, 3.63) is 16.7 Å². The van der Waals surface area contributed by atoms with Crippen LogP contribution in [0.4, 0.5) is 5.95 Å². The van der Waals surface area contributed by atoms with Gasteiger partial charge in [-0.2, -0.15) is 4.98 Å². The topological polar surface area (TPSA) is 194 Å². The van der Waals surface area contributed by atoms with E-state index in [-0.39, 0.29) is 35.5 Å². The number of hydrogen-bond acceptors (Lipinski definition) is 9. The summed E-state index contributed by atoms with van der Waals surface area (Å²) in [6.45, 7) is 3.59. The number of carbonyl (C=O) groups is 1. The van der Waals surface area contributed by atoms with Gasteiger partial charge in [-0.1, -0.05) is 13.8 Å². The zero-order valence-electron chi connectivity index (χ0n) is 14.9. The van der Waals surface area contributed by atoms with Crippen LogP contribution < -0.4 is 22.3 Å². The van der Waals surface area contributed by atoms with Crippen molar-refractivity contribution in [2.45, 2.75) is 44.4 Å². The first-order valence-electron chi connectivity index (χ1n) is 8.48. The largest absolute Gasteiger partial charge is 0.387 e. The highest BCUT2D eigenvalue weighted by Gasteiger charge is 2.44. The van der Waals surface area contributed by atoms with Crippen LogP contribution in [0.15, 0.2) is 11.1 Å². The number of anilines is 1. The Hall–Kier alpha value is -2.54. The van der Waals surface area contributed by atoms with Crippen molar-refractivity contribution in [1.82, 2.24) is 24.8 Å². The Morgan fingerprint density at radius 3 is 2.81 bits per heavy atom. The number of ether oxygens (including phenoxy) is 1. The average Bonchev–Trinajstić information content (AvgIpc) is 3.14. The van der Waals surface area contributed by atoms with Crippen molar-refractivity contribution in [2.24, 2.45) is 11.7 Å². The fraction of sp³-hybridized carbons (Fsp3) is 0.600. The molecule has 1 aliphatic heterocycles. The number of aromatic nitrogens is 4. The van der Waals surface area contributed by atoms with Gasteiger partial charge in [-0.25, -0.2) is 4.98 Å². The van der Waals surface area contributed by atoms with Gasteiger partial charge in [-0.05, 0) is 5.92 Å². The Morgan fingerprint density at radius 2 is 2.15 bits per heavy atom. The van der Waals surface area contributed by atoms with Crippen LogP contribution in [0.25, 0.3) is 11.2 Å². The molecule has 0 spiro atoms. The summed E-state index contributed by atoms with van der Waals surface area (Å²) in [5, 5.41) is 23.2. The number of nitrogens with zero attached hydrogens (tertiary/aromatic N) is 3. The lowest BCUT2D eigenvalue weighted by Gasteiger charge is -2.19. The molecule has 0 unspecified atom stereocenters. The summed E-state index contributed by atoms with van der Waals surface area (Å²) in [5.41, 5.74) is 10.9. The number of hydrogen-bond donors (Lipinski definition) is 6. The van der Waals surface area contributed by atoms with E-state index in [2.05, 4.69) is 20.3 Å². The molecular weight excluding hydrogens is 358 g/mol. The third kappa shape index (κ3) is 3.51. The van der Waals surface area contributed by atoms with Gasteiger partial charge in [0.25, 0.3) is 5.56 Å². The Labute approximate surface area is 153 Å². The predicted molar refractivity (Wildman–Crippen MR) is 94.3 cm³/mol. The average molecular weight is 381 g/mol. The third-order valence-electron chi connectivity index (χ3n) is 4.56. The van der Waals surface area contributed by atoms with Crippen LogP contribution in [0.2, 0.25) is 0 Å². The van der Waals surface area contributed by atoms with Gasteiger partial charge in [0.2, 0.25) is 11.9 Å². The Morgan fingerprint density at radius 1 is 1.44 bits per heavy atom.